The second-order valence-electron chi connectivity index (χ2n) is 6.14. The lowest BCUT2D eigenvalue weighted by Crippen LogP contribution is -2.46. The van der Waals surface area contributed by atoms with E-state index in [-0.39, 0.29) is 17.2 Å². The molecule has 0 spiro atoms. The fraction of sp³-hybridized carbons (Fsp3) is 0.389. The van der Waals surface area contributed by atoms with Crippen LogP contribution in [-0.4, -0.2) is 53.3 Å². The molecule has 5 amide bonds. The van der Waals surface area contributed by atoms with Crippen molar-refractivity contribution in [1.82, 2.24) is 15.5 Å². The van der Waals surface area contributed by atoms with Crippen molar-refractivity contribution in [2.75, 3.05) is 6.61 Å². The molecule has 144 valence electrons. The Bertz CT molecular complexity index is 756. The van der Waals surface area contributed by atoms with E-state index in [1.165, 1.54) is 19.1 Å². The van der Waals surface area contributed by atoms with Crippen LogP contribution in [0, 0.1) is 0 Å². The highest BCUT2D eigenvalue weighted by molar-refractivity contribution is 6.22. The van der Waals surface area contributed by atoms with Crippen molar-refractivity contribution in [1.29, 1.82) is 0 Å². The zero-order chi connectivity index (χ0) is 20.1. The zero-order valence-corrected chi connectivity index (χ0v) is 15.3. The molecule has 0 aromatic heterocycles. The van der Waals surface area contributed by atoms with Crippen molar-refractivity contribution in [3.05, 3.63) is 35.4 Å². The van der Waals surface area contributed by atoms with Gasteiger partial charge in [-0.1, -0.05) is 19.1 Å². The molecule has 1 aromatic carbocycles. The number of carbonyl (C=O) groups is 5. The van der Waals surface area contributed by atoms with Crippen LogP contribution in [0.5, 0.6) is 0 Å². The van der Waals surface area contributed by atoms with E-state index in [4.69, 9.17) is 4.74 Å². The molecule has 0 radical (unpaired) electrons. The van der Waals surface area contributed by atoms with E-state index in [0.717, 1.165) is 4.90 Å². The molecule has 0 saturated carbocycles. The zero-order valence-electron chi connectivity index (χ0n) is 15.3. The van der Waals surface area contributed by atoms with E-state index >= 15 is 0 Å². The molecular formula is C18H21N3O6. The Balaban J connectivity index is 1.90. The monoisotopic (exact) mass is 375 g/mol. The molecule has 9 heteroatoms. The molecule has 1 aliphatic heterocycles. The summed E-state index contributed by atoms with van der Waals surface area (Å²) >= 11 is 0. The highest BCUT2D eigenvalue weighted by Crippen LogP contribution is 2.24. The fourth-order valence-electron chi connectivity index (χ4n) is 2.45. The van der Waals surface area contributed by atoms with Gasteiger partial charge in [0.1, 0.15) is 6.04 Å². The molecule has 27 heavy (non-hydrogen) atoms. The SMILES string of the molecule is CC[C@@H](C)NC(=O)NC(=O)COC(=O)[C@@H](C)N1C(=O)c2ccccc2C1=O. The first kappa shape index (κ1) is 20.1. The third-order valence-corrected chi connectivity index (χ3v) is 4.14. The Morgan fingerprint density at radius 3 is 2.15 bits per heavy atom. The van der Waals surface area contributed by atoms with E-state index in [2.05, 4.69) is 5.32 Å². The lowest BCUT2D eigenvalue weighted by Gasteiger charge is -2.20. The maximum Gasteiger partial charge on any atom is 0.329 e. The number of carbonyl (C=O) groups excluding carboxylic acids is 5. The number of imide groups is 2. The number of esters is 1. The van der Waals surface area contributed by atoms with Crippen LogP contribution in [0.1, 0.15) is 47.9 Å². The maximum atomic E-state index is 12.3. The summed E-state index contributed by atoms with van der Waals surface area (Å²) in [5.74, 6) is -2.95. The first-order chi connectivity index (χ1) is 12.8. The predicted molar refractivity (Wildman–Crippen MR) is 93.8 cm³/mol. The maximum absolute atomic E-state index is 12.3. The second-order valence-corrected chi connectivity index (χ2v) is 6.14. The molecule has 0 unspecified atom stereocenters. The second kappa shape index (κ2) is 8.43. The van der Waals surface area contributed by atoms with Gasteiger partial charge in [0.2, 0.25) is 0 Å². The average Bonchev–Trinajstić information content (AvgIpc) is 2.90. The Kier molecular flexibility index (Phi) is 6.27. The lowest BCUT2D eigenvalue weighted by atomic mass is 10.1. The molecule has 1 aliphatic rings. The van der Waals surface area contributed by atoms with Gasteiger partial charge in [0.05, 0.1) is 11.1 Å². The number of amides is 5. The van der Waals surface area contributed by atoms with Gasteiger partial charge in [-0.25, -0.2) is 9.59 Å². The van der Waals surface area contributed by atoms with Gasteiger partial charge in [-0.2, -0.15) is 0 Å². The van der Waals surface area contributed by atoms with E-state index in [0.29, 0.717) is 6.42 Å². The minimum absolute atomic E-state index is 0.116. The quantitative estimate of drug-likeness (QED) is 0.561. The van der Waals surface area contributed by atoms with Crippen molar-refractivity contribution in [2.45, 2.75) is 39.3 Å². The van der Waals surface area contributed by atoms with Crippen molar-refractivity contribution >= 4 is 29.7 Å². The molecule has 0 aliphatic carbocycles. The van der Waals surface area contributed by atoms with Gasteiger partial charge in [-0.3, -0.25) is 24.6 Å². The topological polar surface area (TPSA) is 122 Å². The molecule has 0 fully saturated rings. The highest BCUT2D eigenvalue weighted by atomic mass is 16.5. The molecule has 1 aromatic rings. The lowest BCUT2D eigenvalue weighted by molar-refractivity contribution is -0.151. The minimum atomic E-state index is -1.21. The summed E-state index contributed by atoms with van der Waals surface area (Å²) in [6, 6.07) is 4.21. The number of nitrogens with one attached hydrogen (secondary N) is 2. The van der Waals surface area contributed by atoms with Gasteiger partial charge >= 0.3 is 12.0 Å². The number of benzene rings is 1. The Morgan fingerprint density at radius 1 is 1.07 bits per heavy atom. The van der Waals surface area contributed by atoms with Crippen LogP contribution in [0.15, 0.2) is 24.3 Å². The summed E-state index contributed by atoms with van der Waals surface area (Å²) in [4.78, 5) is 60.8. The molecule has 0 bridgehead atoms. The van der Waals surface area contributed by atoms with Crippen molar-refractivity contribution in [3.63, 3.8) is 0 Å². The Morgan fingerprint density at radius 2 is 1.63 bits per heavy atom. The standard InChI is InChI=1S/C18H21N3O6/c1-4-10(2)19-18(26)20-14(22)9-27-17(25)11(3)21-15(23)12-7-5-6-8-13(12)16(21)24/h5-8,10-11H,4,9H2,1-3H3,(H2,19,20,22,26)/t10-,11-/m1/s1. The smallest absolute Gasteiger partial charge is 0.329 e. The number of nitrogens with zero attached hydrogens (tertiary/aromatic N) is 1. The highest BCUT2D eigenvalue weighted by Gasteiger charge is 2.41. The Labute approximate surface area is 156 Å². The van der Waals surface area contributed by atoms with Crippen LogP contribution >= 0.6 is 0 Å². The van der Waals surface area contributed by atoms with Crippen LogP contribution in [0.2, 0.25) is 0 Å². The molecule has 0 saturated heterocycles. The molecular weight excluding hydrogens is 354 g/mol. The number of rotatable bonds is 6. The number of ether oxygens (including phenoxy) is 1. The summed E-state index contributed by atoms with van der Waals surface area (Å²) in [5.41, 5.74) is 0.420. The fourth-order valence-corrected chi connectivity index (χ4v) is 2.45. The van der Waals surface area contributed by atoms with Crippen molar-refractivity contribution < 1.29 is 28.7 Å². The summed E-state index contributed by atoms with van der Waals surface area (Å²) < 4.78 is 4.83. The van der Waals surface area contributed by atoms with Gasteiger partial charge in [0.25, 0.3) is 17.7 Å². The van der Waals surface area contributed by atoms with Crippen LogP contribution in [0.25, 0.3) is 0 Å². The molecule has 9 nitrogen and oxygen atoms in total. The van der Waals surface area contributed by atoms with Crippen LogP contribution < -0.4 is 10.6 Å². The summed E-state index contributed by atoms with van der Waals surface area (Å²) in [6.45, 7) is 4.26. The molecule has 2 N–H and O–H groups in total. The average molecular weight is 375 g/mol. The third kappa shape index (κ3) is 4.49. The summed E-state index contributed by atoms with van der Waals surface area (Å²) in [6.07, 6.45) is 0.689. The number of hydrogen-bond acceptors (Lipinski definition) is 6. The first-order valence-electron chi connectivity index (χ1n) is 8.50. The number of urea groups is 1. The van der Waals surface area contributed by atoms with Crippen molar-refractivity contribution in [2.24, 2.45) is 0 Å². The van der Waals surface area contributed by atoms with Gasteiger partial charge in [0.15, 0.2) is 6.61 Å². The number of fused-ring (bicyclic) bond motifs is 1. The largest absolute Gasteiger partial charge is 0.454 e. The number of hydrogen-bond donors (Lipinski definition) is 2. The van der Waals surface area contributed by atoms with E-state index in [1.54, 1.807) is 19.1 Å². The summed E-state index contributed by atoms with van der Waals surface area (Å²) in [5, 5.41) is 4.56. The van der Waals surface area contributed by atoms with Crippen LogP contribution in [0.4, 0.5) is 4.79 Å². The normalized spacial score (nSPS) is 15.0. The van der Waals surface area contributed by atoms with Gasteiger partial charge < -0.3 is 10.1 Å². The molecule has 1 heterocycles. The van der Waals surface area contributed by atoms with E-state index < -0.39 is 42.4 Å². The third-order valence-electron chi connectivity index (χ3n) is 4.14. The summed E-state index contributed by atoms with van der Waals surface area (Å²) in [7, 11) is 0. The van der Waals surface area contributed by atoms with Gasteiger partial charge in [0, 0.05) is 6.04 Å². The van der Waals surface area contributed by atoms with E-state index in [9.17, 15) is 24.0 Å². The van der Waals surface area contributed by atoms with Crippen LogP contribution in [-0.2, 0) is 14.3 Å². The Hall–Kier alpha value is -3.23. The molecule has 2 atom stereocenters. The van der Waals surface area contributed by atoms with Crippen LogP contribution in [0.3, 0.4) is 0 Å². The van der Waals surface area contributed by atoms with E-state index in [1.807, 2.05) is 12.2 Å². The van der Waals surface area contributed by atoms with Gasteiger partial charge in [-0.05, 0) is 32.4 Å². The molecule has 2 rings (SSSR count). The predicted octanol–water partition coefficient (Wildman–Crippen LogP) is 0.839. The van der Waals surface area contributed by atoms with Gasteiger partial charge in [-0.15, -0.1) is 0 Å². The van der Waals surface area contributed by atoms with Crippen molar-refractivity contribution in [3.8, 4) is 0 Å². The minimum Gasteiger partial charge on any atom is -0.454 e. The first-order valence-corrected chi connectivity index (χ1v) is 8.50.